The Hall–Kier alpha value is -2.15. The molecule has 2 aliphatic heterocycles. The summed E-state index contributed by atoms with van der Waals surface area (Å²) in [5.74, 6) is -0.870. The van der Waals surface area contributed by atoms with Gasteiger partial charge in [-0.2, -0.15) is 5.26 Å². The molecule has 0 aromatic carbocycles. The molecule has 1 fully saturated rings. The first-order chi connectivity index (χ1) is 14.3. The van der Waals surface area contributed by atoms with Crippen LogP contribution in [-0.4, -0.2) is 88.3 Å². The number of methoxy groups -OCH3 is 1. The molecule has 0 radical (unpaired) electrons. The Labute approximate surface area is 182 Å². The van der Waals surface area contributed by atoms with Gasteiger partial charge >= 0.3 is 5.97 Å². The summed E-state index contributed by atoms with van der Waals surface area (Å²) >= 11 is 2.21. The average molecular weight is 474 g/mol. The summed E-state index contributed by atoms with van der Waals surface area (Å²) in [6.45, 7) is 0.0539. The minimum Gasteiger partial charge on any atom is -0.477 e. The van der Waals surface area contributed by atoms with E-state index in [9.17, 15) is 18.9 Å². The van der Waals surface area contributed by atoms with Crippen molar-refractivity contribution in [3.63, 3.8) is 0 Å². The first kappa shape index (κ1) is 22.5. The number of aryl methyl sites for hydroxylation is 1. The van der Waals surface area contributed by atoms with Crippen LogP contribution in [0.15, 0.2) is 16.4 Å². The van der Waals surface area contributed by atoms with E-state index in [0.29, 0.717) is 16.5 Å². The van der Waals surface area contributed by atoms with Gasteiger partial charge in [0.2, 0.25) is 11.1 Å². The molecule has 2 N–H and O–H groups in total. The summed E-state index contributed by atoms with van der Waals surface area (Å²) in [5.41, 5.74) is -0.678. The van der Waals surface area contributed by atoms with E-state index in [1.165, 1.54) is 28.5 Å². The maximum Gasteiger partial charge on any atom is 0.352 e. The highest BCUT2D eigenvalue weighted by atomic mass is 32.2. The summed E-state index contributed by atoms with van der Waals surface area (Å²) in [6, 6.07) is 0. The lowest BCUT2D eigenvalue weighted by atomic mass is 9.99. The number of nitrogens with one attached hydrogen (secondary N) is 1. The summed E-state index contributed by atoms with van der Waals surface area (Å²) < 4.78 is 20.0. The maximum atomic E-state index is 13.0. The standard InChI is InChI=1S/C15H19N7O5S3/c1-21-14(18-19-20-21)29-5-9-6-30(26)13-15(27-2,7-22(13)11(9)12(24)25)17-10(23)3-4-28-8-16/h13H,3-7H2,1-2H3,(H,17,23)(H,24,25)/t13-,15+,30?/m1/s1. The second kappa shape index (κ2) is 9.33. The number of carboxylic acid groups (broad SMARTS) is 1. The van der Waals surface area contributed by atoms with Crippen molar-refractivity contribution in [1.29, 1.82) is 5.26 Å². The number of thiocyanates is 1. The SMILES string of the molecule is CO[C@@]1(NC(=O)CCSC#N)CN2C(C(=O)O)=C(CSc3nnnn3C)CS(=O)[C@@H]21. The van der Waals surface area contributed by atoms with Gasteiger partial charge in [0.15, 0.2) is 11.1 Å². The summed E-state index contributed by atoms with van der Waals surface area (Å²) in [5, 5.41) is 33.8. The van der Waals surface area contributed by atoms with Crippen LogP contribution < -0.4 is 5.32 Å². The molecule has 1 saturated heterocycles. The van der Waals surface area contributed by atoms with Crippen molar-refractivity contribution < 1.29 is 23.6 Å². The lowest BCUT2D eigenvalue weighted by molar-refractivity contribution is -0.168. The van der Waals surface area contributed by atoms with Crippen molar-refractivity contribution in [3.8, 4) is 5.40 Å². The molecule has 1 amide bonds. The number of rotatable bonds is 9. The molecule has 15 heteroatoms. The number of hydrogen-bond donors (Lipinski definition) is 2. The molecule has 3 atom stereocenters. The first-order valence-corrected chi connectivity index (χ1v) is 12.0. The molecular formula is C15H19N7O5S3. The number of thioether (sulfide) groups is 2. The normalized spacial score (nSPS) is 25.3. The van der Waals surface area contributed by atoms with Gasteiger partial charge in [0.05, 0.1) is 23.1 Å². The zero-order valence-electron chi connectivity index (χ0n) is 16.1. The Morgan fingerprint density at radius 2 is 2.30 bits per heavy atom. The van der Waals surface area contributed by atoms with E-state index < -0.39 is 27.9 Å². The minimum atomic E-state index is -1.51. The predicted octanol–water partition coefficient (Wildman–Crippen LogP) is -0.892. The van der Waals surface area contributed by atoms with Gasteiger partial charge in [0, 0.05) is 32.1 Å². The van der Waals surface area contributed by atoms with Crippen LogP contribution in [0, 0.1) is 10.7 Å². The van der Waals surface area contributed by atoms with Crippen LogP contribution >= 0.6 is 23.5 Å². The van der Waals surface area contributed by atoms with Crippen LogP contribution in [0.3, 0.4) is 0 Å². The Bertz CT molecular complexity index is 945. The van der Waals surface area contributed by atoms with Gasteiger partial charge in [0.25, 0.3) is 0 Å². The van der Waals surface area contributed by atoms with E-state index in [2.05, 4.69) is 20.8 Å². The number of carbonyl (C=O) groups excluding carboxylic acids is 1. The van der Waals surface area contributed by atoms with Gasteiger partial charge in [0.1, 0.15) is 11.1 Å². The number of carboxylic acids is 1. The van der Waals surface area contributed by atoms with Crippen LogP contribution in [0.5, 0.6) is 0 Å². The summed E-state index contributed by atoms with van der Waals surface area (Å²) in [7, 11) is 1.55. The number of nitrogens with zero attached hydrogens (tertiary/aromatic N) is 6. The van der Waals surface area contributed by atoms with Gasteiger partial charge < -0.3 is 20.1 Å². The van der Waals surface area contributed by atoms with E-state index in [-0.39, 0.29) is 36.1 Å². The number of fused-ring (bicyclic) bond motifs is 1. The number of ether oxygens (including phenoxy) is 1. The smallest absolute Gasteiger partial charge is 0.352 e. The van der Waals surface area contributed by atoms with Gasteiger partial charge in [-0.3, -0.25) is 9.00 Å². The number of aromatic nitrogens is 4. The van der Waals surface area contributed by atoms with E-state index in [1.54, 1.807) is 7.05 Å². The third-order valence-corrected chi connectivity index (χ3v) is 8.05. The first-order valence-electron chi connectivity index (χ1n) is 8.64. The molecule has 162 valence electrons. The molecule has 3 rings (SSSR count). The highest BCUT2D eigenvalue weighted by Crippen LogP contribution is 2.41. The molecule has 12 nitrogen and oxygen atoms in total. The molecular weight excluding hydrogens is 454 g/mol. The van der Waals surface area contributed by atoms with Gasteiger partial charge in [-0.15, -0.1) is 5.10 Å². The van der Waals surface area contributed by atoms with Crippen LogP contribution in [0.1, 0.15) is 6.42 Å². The predicted molar refractivity (Wildman–Crippen MR) is 108 cm³/mol. The summed E-state index contributed by atoms with van der Waals surface area (Å²) in [6.07, 6.45) is 0.0952. The van der Waals surface area contributed by atoms with Crippen LogP contribution in [-0.2, 0) is 32.2 Å². The van der Waals surface area contributed by atoms with E-state index in [0.717, 1.165) is 11.8 Å². The lowest BCUT2D eigenvalue weighted by Gasteiger charge is -2.58. The molecule has 1 aromatic rings. The Morgan fingerprint density at radius 1 is 1.53 bits per heavy atom. The lowest BCUT2D eigenvalue weighted by Crippen LogP contribution is -2.79. The molecule has 0 aliphatic carbocycles. The number of nitriles is 1. The van der Waals surface area contributed by atoms with Crippen LogP contribution in [0.25, 0.3) is 0 Å². The van der Waals surface area contributed by atoms with Gasteiger partial charge in [-0.1, -0.05) is 11.8 Å². The molecule has 2 aliphatic rings. The van der Waals surface area contributed by atoms with E-state index in [1.807, 2.05) is 5.40 Å². The third kappa shape index (κ3) is 4.31. The van der Waals surface area contributed by atoms with E-state index >= 15 is 0 Å². The molecule has 1 aromatic heterocycles. The van der Waals surface area contributed by atoms with Crippen molar-refractivity contribution in [2.75, 3.05) is 30.9 Å². The third-order valence-electron chi connectivity index (χ3n) is 4.65. The van der Waals surface area contributed by atoms with Gasteiger partial charge in [-0.05, 0) is 27.8 Å². The Balaban J connectivity index is 1.77. The molecule has 0 saturated carbocycles. The van der Waals surface area contributed by atoms with Crippen LogP contribution in [0.2, 0.25) is 0 Å². The minimum absolute atomic E-state index is 0.0341. The molecule has 3 heterocycles. The largest absolute Gasteiger partial charge is 0.477 e. The molecule has 0 spiro atoms. The quantitative estimate of drug-likeness (QED) is 0.197. The number of amides is 1. The molecule has 0 bridgehead atoms. The monoisotopic (exact) mass is 473 g/mol. The van der Waals surface area contributed by atoms with Crippen molar-refractivity contribution in [3.05, 3.63) is 11.3 Å². The Morgan fingerprint density at radius 3 is 2.90 bits per heavy atom. The highest BCUT2D eigenvalue weighted by Gasteiger charge is 2.61. The fourth-order valence-electron chi connectivity index (χ4n) is 3.31. The van der Waals surface area contributed by atoms with Crippen molar-refractivity contribution in [2.24, 2.45) is 7.05 Å². The zero-order valence-corrected chi connectivity index (χ0v) is 18.6. The van der Waals surface area contributed by atoms with E-state index in [4.69, 9.17) is 10.00 Å². The summed E-state index contributed by atoms with van der Waals surface area (Å²) in [4.78, 5) is 25.7. The second-order valence-corrected chi connectivity index (χ2v) is 9.79. The fourth-order valence-corrected chi connectivity index (χ4v) is 6.54. The molecule has 30 heavy (non-hydrogen) atoms. The zero-order chi connectivity index (χ0) is 21.9. The number of carbonyl (C=O) groups is 2. The van der Waals surface area contributed by atoms with Gasteiger partial charge in [-0.25, -0.2) is 9.48 Å². The van der Waals surface area contributed by atoms with Crippen molar-refractivity contribution in [1.82, 2.24) is 30.4 Å². The molecule has 1 unspecified atom stereocenters. The Kier molecular flexibility index (Phi) is 7.01. The topological polar surface area (TPSA) is 163 Å². The fraction of sp³-hybridized carbons (Fsp3) is 0.600. The second-order valence-electron chi connectivity index (χ2n) is 6.47. The van der Waals surface area contributed by atoms with Crippen molar-refractivity contribution in [2.45, 2.75) is 22.7 Å². The number of tetrazole rings is 1. The number of hydrogen-bond acceptors (Lipinski definition) is 11. The highest BCUT2D eigenvalue weighted by molar-refractivity contribution is 8.03. The average Bonchev–Trinajstić information content (AvgIpc) is 3.08. The van der Waals surface area contributed by atoms with Crippen molar-refractivity contribution >= 4 is 46.2 Å². The number of aliphatic carboxylic acids is 1. The maximum absolute atomic E-state index is 13.0. The van der Waals surface area contributed by atoms with Crippen LogP contribution in [0.4, 0.5) is 0 Å².